The highest BCUT2D eigenvalue weighted by Gasteiger charge is 2.63. The van der Waals surface area contributed by atoms with E-state index in [1.54, 1.807) is 12.1 Å². The monoisotopic (exact) mass is 523 g/mol. The van der Waals surface area contributed by atoms with Crippen molar-refractivity contribution in [2.24, 2.45) is 5.41 Å². The number of benzene rings is 2. The number of carbonyl (C=O) groups excluding carboxylic acids is 2. The molecule has 0 aliphatic carbocycles. The van der Waals surface area contributed by atoms with Gasteiger partial charge >= 0.3 is 12.0 Å². The van der Waals surface area contributed by atoms with Crippen LogP contribution in [0, 0.1) is 12.3 Å². The van der Waals surface area contributed by atoms with Crippen LogP contribution in [0.5, 0.6) is 5.75 Å². The van der Waals surface area contributed by atoms with Crippen molar-refractivity contribution in [2.75, 3.05) is 20.6 Å². The van der Waals surface area contributed by atoms with E-state index < -0.39 is 23.6 Å². The summed E-state index contributed by atoms with van der Waals surface area (Å²) in [7, 11) is 3.85. The average molecular weight is 524 g/mol. The Morgan fingerprint density at radius 1 is 1.11 bits per heavy atom. The topological polar surface area (TPSA) is 99.2 Å². The second kappa shape index (κ2) is 12.4. The summed E-state index contributed by atoms with van der Waals surface area (Å²) in [5.41, 5.74) is 2.17. The van der Waals surface area contributed by atoms with Crippen LogP contribution in [0.1, 0.15) is 79.5 Å². The number of aryl methyl sites for hydroxylation is 1. The van der Waals surface area contributed by atoms with Gasteiger partial charge in [-0.05, 0) is 76.0 Å². The van der Waals surface area contributed by atoms with Crippen molar-refractivity contribution in [2.45, 2.75) is 72.1 Å². The second-order valence-electron chi connectivity index (χ2n) is 10.4. The molecular weight excluding hydrogens is 482 g/mol. The van der Waals surface area contributed by atoms with Gasteiger partial charge in [-0.2, -0.15) is 0 Å². The lowest BCUT2D eigenvalue weighted by atomic mass is 9.72. The molecule has 1 heterocycles. The first-order chi connectivity index (χ1) is 18.1. The van der Waals surface area contributed by atoms with Crippen LogP contribution in [0.2, 0.25) is 0 Å². The third-order valence-corrected chi connectivity index (χ3v) is 7.57. The van der Waals surface area contributed by atoms with Crippen molar-refractivity contribution in [3.05, 3.63) is 64.7 Å². The molecule has 2 aromatic rings. The van der Waals surface area contributed by atoms with Crippen molar-refractivity contribution in [3.8, 4) is 5.75 Å². The van der Waals surface area contributed by atoms with Crippen LogP contribution in [0.3, 0.4) is 0 Å². The lowest BCUT2D eigenvalue weighted by Gasteiger charge is -2.53. The molecule has 0 bridgehead atoms. The van der Waals surface area contributed by atoms with E-state index in [0.717, 1.165) is 24.0 Å². The second-order valence-corrected chi connectivity index (χ2v) is 10.4. The summed E-state index contributed by atoms with van der Waals surface area (Å²) in [6, 6.07) is 12.2. The van der Waals surface area contributed by atoms with Gasteiger partial charge in [-0.3, -0.25) is 4.79 Å². The first-order valence-electron chi connectivity index (χ1n) is 13.5. The number of carboxylic acids is 1. The molecule has 38 heavy (non-hydrogen) atoms. The average Bonchev–Trinajstić information content (AvgIpc) is 2.88. The normalized spacial score (nSPS) is 17.2. The minimum atomic E-state index is -1.00. The maximum Gasteiger partial charge on any atom is 0.335 e. The predicted molar refractivity (Wildman–Crippen MR) is 147 cm³/mol. The van der Waals surface area contributed by atoms with Crippen LogP contribution in [-0.2, 0) is 11.2 Å². The molecule has 3 amide bonds. The Balaban J connectivity index is 1.89. The molecule has 0 aromatic heterocycles. The largest absolute Gasteiger partial charge is 0.478 e. The molecule has 2 atom stereocenters. The minimum absolute atomic E-state index is 0.219. The maximum absolute atomic E-state index is 13.5. The van der Waals surface area contributed by atoms with E-state index in [1.807, 2.05) is 64.0 Å². The molecule has 0 saturated carbocycles. The number of rotatable bonds is 12. The highest BCUT2D eigenvalue weighted by molar-refractivity contribution is 6.03. The maximum atomic E-state index is 13.5. The summed E-state index contributed by atoms with van der Waals surface area (Å²) in [6.07, 6.45) is 2.39. The zero-order valence-electron chi connectivity index (χ0n) is 23.4. The number of urea groups is 1. The van der Waals surface area contributed by atoms with Crippen LogP contribution >= 0.6 is 0 Å². The Labute approximate surface area is 226 Å². The molecule has 206 valence electrons. The first-order valence-corrected chi connectivity index (χ1v) is 13.5. The number of carboxylic acid groups (broad SMARTS) is 1. The van der Waals surface area contributed by atoms with Crippen LogP contribution in [0.25, 0.3) is 0 Å². The van der Waals surface area contributed by atoms with Crippen LogP contribution in [0.15, 0.2) is 42.5 Å². The molecule has 1 saturated heterocycles. The predicted octanol–water partition coefficient (Wildman–Crippen LogP) is 5.40. The Morgan fingerprint density at radius 2 is 1.76 bits per heavy atom. The van der Waals surface area contributed by atoms with Gasteiger partial charge in [-0.1, -0.05) is 57.0 Å². The van der Waals surface area contributed by atoms with E-state index in [4.69, 9.17) is 4.74 Å². The zero-order valence-corrected chi connectivity index (χ0v) is 23.4. The number of likely N-dealkylation sites (N-methyl/N-ethyl adjacent to an activating group) is 1. The number of carbonyl (C=O) groups is 3. The number of nitrogens with one attached hydrogen (secondary N) is 1. The number of imide groups is 1. The van der Waals surface area contributed by atoms with E-state index in [9.17, 15) is 19.5 Å². The van der Waals surface area contributed by atoms with E-state index in [-0.39, 0.29) is 17.5 Å². The van der Waals surface area contributed by atoms with Gasteiger partial charge in [0.15, 0.2) is 6.23 Å². The van der Waals surface area contributed by atoms with Crippen LogP contribution < -0.4 is 10.1 Å². The number of ether oxygens (including phenoxy) is 1. The lowest BCUT2D eigenvalue weighted by molar-refractivity contribution is -0.191. The summed E-state index contributed by atoms with van der Waals surface area (Å²) in [4.78, 5) is 41.8. The van der Waals surface area contributed by atoms with Crippen molar-refractivity contribution in [1.82, 2.24) is 15.1 Å². The molecule has 2 aromatic carbocycles. The Hall–Kier alpha value is -3.39. The fourth-order valence-corrected chi connectivity index (χ4v) is 5.06. The van der Waals surface area contributed by atoms with Crippen molar-refractivity contribution in [3.63, 3.8) is 0 Å². The van der Waals surface area contributed by atoms with Gasteiger partial charge < -0.3 is 20.1 Å². The molecule has 0 unspecified atom stereocenters. The number of hydrogen-bond acceptors (Lipinski definition) is 5. The third-order valence-electron chi connectivity index (χ3n) is 7.57. The molecule has 0 radical (unpaired) electrons. The SMILES string of the molecule is CCC[C@H](NC(=O)N1C(=O)C(CC)(CC)[C@H]1Oc1ccc(C(=O)O)c(CCN(C)C)c1)c1ccc(C)cc1. The van der Waals surface area contributed by atoms with E-state index in [0.29, 0.717) is 37.1 Å². The standard InChI is InChI=1S/C30H41N3O5/c1-7-10-25(21-13-11-20(4)12-14-21)31-29(37)33-27(36)30(8-2,9-3)28(33)38-23-15-16-24(26(34)35)22(19-23)17-18-32(5)6/h11-16,19,25,28H,7-10,17-18H2,1-6H3,(H,31,37)(H,34,35)/t25-,28+/m0/s1. The number of β-lactam (4-membered cyclic amide) rings is 1. The Bertz CT molecular complexity index is 1140. The molecule has 8 nitrogen and oxygen atoms in total. The molecule has 0 spiro atoms. The first kappa shape index (κ1) is 29.2. The summed E-state index contributed by atoms with van der Waals surface area (Å²) in [5, 5.41) is 12.7. The van der Waals surface area contributed by atoms with Crippen molar-refractivity contribution in [1.29, 1.82) is 0 Å². The van der Waals surface area contributed by atoms with E-state index in [2.05, 4.69) is 12.2 Å². The van der Waals surface area contributed by atoms with Gasteiger partial charge in [0, 0.05) is 6.54 Å². The van der Waals surface area contributed by atoms with Gasteiger partial charge in [0.25, 0.3) is 0 Å². The highest BCUT2D eigenvalue weighted by atomic mass is 16.5. The van der Waals surface area contributed by atoms with Gasteiger partial charge in [0.05, 0.1) is 11.6 Å². The molecule has 1 fully saturated rings. The number of nitrogens with zero attached hydrogens (tertiary/aromatic N) is 2. The van der Waals surface area contributed by atoms with E-state index >= 15 is 0 Å². The highest BCUT2D eigenvalue weighted by Crippen LogP contribution is 2.46. The lowest BCUT2D eigenvalue weighted by Crippen LogP contribution is -2.73. The number of amides is 3. The minimum Gasteiger partial charge on any atom is -0.478 e. The van der Waals surface area contributed by atoms with Gasteiger partial charge in [0.2, 0.25) is 5.91 Å². The number of aromatic carboxylic acids is 1. The Kier molecular flexibility index (Phi) is 9.55. The number of hydrogen-bond donors (Lipinski definition) is 2. The van der Waals surface area contributed by atoms with Crippen molar-refractivity contribution >= 4 is 17.9 Å². The van der Waals surface area contributed by atoms with Crippen LogP contribution in [0.4, 0.5) is 4.79 Å². The molecule has 1 aliphatic heterocycles. The quantitative estimate of drug-likeness (QED) is 0.361. The van der Waals surface area contributed by atoms with Crippen LogP contribution in [-0.4, -0.2) is 59.7 Å². The van der Waals surface area contributed by atoms with E-state index in [1.165, 1.54) is 11.0 Å². The van der Waals surface area contributed by atoms with Gasteiger partial charge in [0.1, 0.15) is 11.2 Å². The molecular formula is C30H41N3O5. The third kappa shape index (κ3) is 6.01. The van der Waals surface area contributed by atoms with Gasteiger partial charge in [-0.25, -0.2) is 14.5 Å². The number of likely N-dealkylation sites (tertiary alicyclic amines) is 1. The molecule has 3 rings (SSSR count). The fourth-order valence-electron chi connectivity index (χ4n) is 5.06. The Morgan fingerprint density at radius 3 is 2.32 bits per heavy atom. The smallest absolute Gasteiger partial charge is 0.335 e. The van der Waals surface area contributed by atoms with Crippen molar-refractivity contribution < 1.29 is 24.2 Å². The fraction of sp³-hybridized carbons (Fsp3) is 0.500. The molecule has 8 heteroatoms. The zero-order chi connectivity index (χ0) is 28.0. The summed E-state index contributed by atoms with van der Waals surface area (Å²) in [6.45, 7) is 8.60. The summed E-state index contributed by atoms with van der Waals surface area (Å²) < 4.78 is 6.34. The molecule has 1 aliphatic rings. The summed E-state index contributed by atoms with van der Waals surface area (Å²) in [5.74, 6) is -0.812. The summed E-state index contributed by atoms with van der Waals surface area (Å²) >= 11 is 0. The van der Waals surface area contributed by atoms with Gasteiger partial charge in [-0.15, -0.1) is 0 Å². The molecule has 2 N–H and O–H groups in total.